The Morgan fingerprint density at radius 2 is 2.12 bits per heavy atom. The minimum atomic E-state index is -0.370. The topological polar surface area (TPSA) is 83.3 Å². The zero-order chi connectivity index (χ0) is 18.5. The van der Waals surface area contributed by atoms with Gasteiger partial charge in [-0.25, -0.2) is 9.97 Å². The number of hydrogen-bond donors (Lipinski definition) is 0. The smallest absolute Gasteiger partial charge is 0.316 e. The number of carbonyl (C=O) groups excluding carboxylic acids is 1. The second-order valence-corrected chi connectivity index (χ2v) is 6.15. The standard InChI is InChI=1S/C18H17N3O4S/c1-3-25-15(22)11-26-18-20-16-14(8-5-9-19-16)17(23)21(18)12-6-4-7-13(10-12)24-2/h4-10H,3,11H2,1-2H3. The molecule has 0 aliphatic heterocycles. The average Bonchev–Trinajstić information content (AvgIpc) is 2.67. The minimum Gasteiger partial charge on any atom is -0.497 e. The number of nitrogens with zero attached hydrogens (tertiary/aromatic N) is 3. The van der Waals surface area contributed by atoms with E-state index in [4.69, 9.17) is 9.47 Å². The molecule has 134 valence electrons. The highest BCUT2D eigenvalue weighted by atomic mass is 32.2. The molecule has 1 aromatic carbocycles. The van der Waals surface area contributed by atoms with Crippen molar-refractivity contribution in [1.82, 2.24) is 14.5 Å². The van der Waals surface area contributed by atoms with Crippen molar-refractivity contribution in [2.24, 2.45) is 0 Å². The largest absolute Gasteiger partial charge is 0.497 e. The summed E-state index contributed by atoms with van der Waals surface area (Å²) in [5, 5.41) is 0.762. The molecule has 0 radical (unpaired) electrons. The van der Waals surface area contributed by atoms with Crippen LogP contribution in [0.1, 0.15) is 6.92 Å². The summed E-state index contributed by atoms with van der Waals surface area (Å²) in [6.07, 6.45) is 1.57. The maximum Gasteiger partial charge on any atom is 0.316 e. The van der Waals surface area contributed by atoms with Gasteiger partial charge in [0.1, 0.15) is 5.75 Å². The Labute approximate surface area is 154 Å². The van der Waals surface area contributed by atoms with E-state index in [9.17, 15) is 9.59 Å². The van der Waals surface area contributed by atoms with E-state index in [-0.39, 0.29) is 17.3 Å². The molecule has 3 aromatic rings. The first-order valence-electron chi connectivity index (χ1n) is 7.94. The van der Waals surface area contributed by atoms with Crippen molar-refractivity contribution >= 4 is 28.8 Å². The molecule has 26 heavy (non-hydrogen) atoms. The Bertz CT molecular complexity index is 1000. The predicted molar refractivity (Wildman–Crippen MR) is 99.0 cm³/mol. The number of aromatic nitrogens is 3. The first kappa shape index (κ1) is 17.9. The second-order valence-electron chi connectivity index (χ2n) is 5.20. The molecule has 0 unspecified atom stereocenters. The number of hydrogen-bond acceptors (Lipinski definition) is 7. The van der Waals surface area contributed by atoms with Gasteiger partial charge in [0.25, 0.3) is 5.56 Å². The normalized spacial score (nSPS) is 10.7. The molecule has 2 aromatic heterocycles. The van der Waals surface area contributed by atoms with Crippen LogP contribution in [0.2, 0.25) is 0 Å². The summed E-state index contributed by atoms with van der Waals surface area (Å²) in [6, 6.07) is 10.5. The van der Waals surface area contributed by atoms with Gasteiger partial charge in [-0.05, 0) is 31.2 Å². The fraction of sp³-hybridized carbons (Fsp3) is 0.222. The van der Waals surface area contributed by atoms with Crippen LogP contribution in [0.4, 0.5) is 0 Å². The summed E-state index contributed by atoms with van der Waals surface area (Å²) in [7, 11) is 1.56. The number of ether oxygens (including phenoxy) is 2. The van der Waals surface area contributed by atoms with Crippen LogP contribution in [-0.4, -0.2) is 40.0 Å². The highest BCUT2D eigenvalue weighted by molar-refractivity contribution is 7.99. The number of carbonyl (C=O) groups is 1. The van der Waals surface area contributed by atoms with E-state index >= 15 is 0 Å². The maximum absolute atomic E-state index is 13.0. The van der Waals surface area contributed by atoms with Crippen molar-refractivity contribution in [2.45, 2.75) is 12.1 Å². The molecule has 2 heterocycles. The lowest BCUT2D eigenvalue weighted by Crippen LogP contribution is -2.22. The molecule has 3 rings (SSSR count). The van der Waals surface area contributed by atoms with Gasteiger partial charge in [0.05, 0.1) is 30.5 Å². The van der Waals surface area contributed by atoms with E-state index < -0.39 is 0 Å². The number of thioether (sulfide) groups is 1. The average molecular weight is 371 g/mol. The fourth-order valence-corrected chi connectivity index (χ4v) is 3.20. The molecule has 0 fully saturated rings. The molecule has 0 aliphatic carbocycles. The highest BCUT2D eigenvalue weighted by Crippen LogP contribution is 2.23. The van der Waals surface area contributed by atoms with Crippen LogP contribution < -0.4 is 10.3 Å². The van der Waals surface area contributed by atoms with Crippen molar-refractivity contribution in [1.29, 1.82) is 0 Å². The van der Waals surface area contributed by atoms with E-state index in [0.29, 0.717) is 34.2 Å². The van der Waals surface area contributed by atoms with Crippen LogP contribution in [0.25, 0.3) is 16.7 Å². The summed E-state index contributed by atoms with van der Waals surface area (Å²) in [4.78, 5) is 33.4. The van der Waals surface area contributed by atoms with Gasteiger partial charge in [0.2, 0.25) is 0 Å². The molecule has 0 N–H and O–H groups in total. The SMILES string of the molecule is CCOC(=O)CSc1nc2ncccc2c(=O)n1-c1cccc(OC)c1. The van der Waals surface area contributed by atoms with E-state index in [1.807, 2.05) is 0 Å². The Balaban J connectivity index is 2.14. The number of esters is 1. The second kappa shape index (κ2) is 8.01. The van der Waals surface area contributed by atoms with E-state index in [0.717, 1.165) is 11.8 Å². The van der Waals surface area contributed by atoms with Crippen LogP contribution in [0, 0.1) is 0 Å². The zero-order valence-electron chi connectivity index (χ0n) is 14.3. The molecule has 0 aliphatic rings. The monoisotopic (exact) mass is 371 g/mol. The number of benzene rings is 1. The van der Waals surface area contributed by atoms with Gasteiger partial charge in [-0.1, -0.05) is 17.8 Å². The molecular formula is C18H17N3O4S. The lowest BCUT2D eigenvalue weighted by molar-refractivity contribution is -0.139. The quantitative estimate of drug-likeness (QED) is 0.374. The Kier molecular flexibility index (Phi) is 5.52. The summed E-state index contributed by atoms with van der Waals surface area (Å²) < 4.78 is 11.7. The van der Waals surface area contributed by atoms with E-state index in [1.165, 1.54) is 4.57 Å². The van der Waals surface area contributed by atoms with Crippen LogP contribution in [-0.2, 0) is 9.53 Å². The van der Waals surface area contributed by atoms with Crippen molar-refractivity contribution < 1.29 is 14.3 Å². The Hall–Kier alpha value is -2.87. The minimum absolute atomic E-state index is 0.0442. The van der Waals surface area contributed by atoms with Crippen LogP contribution in [0.5, 0.6) is 5.75 Å². The van der Waals surface area contributed by atoms with Gasteiger partial charge in [-0.2, -0.15) is 0 Å². The Morgan fingerprint density at radius 1 is 1.27 bits per heavy atom. The molecule has 0 spiro atoms. The highest BCUT2D eigenvalue weighted by Gasteiger charge is 2.16. The molecule has 0 amide bonds. The molecule has 0 bridgehead atoms. The van der Waals surface area contributed by atoms with Gasteiger partial charge in [0.15, 0.2) is 10.8 Å². The van der Waals surface area contributed by atoms with Crippen LogP contribution in [0.3, 0.4) is 0 Å². The van der Waals surface area contributed by atoms with Crippen molar-refractivity contribution in [2.75, 3.05) is 19.5 Å². The number of rotatable bonds is 6. The van der Waals surface area contributed by atoms with Gasteiger partial charge in [-0.3, -0.25) is 14.2 Å². The molecule has 0 atom stereocenters. The molecule has 8 heteroatoms. The lowest BCUT2D eigenvalue weighted by Gasteiger charge is -2.13. The summed E-state index contributed by atoms with van der Waals surface area (Å²) in [5.74, 6) is 0.287. The first-order valence-corrected chi connectivity index (χ1v) is 8.93. The van der Waals surface area contributed by atoms with Gasteiger partial charge in [0, 0.05) is 12.3 Å². The third-order valence-corrected chi connectivity index (χ3v) is 4.46. The van der Waals surface area contributed by atoms with Gasteiger partial charge < -0.3 is 9.47 Å². The van der Waals surface area contributed by atoms with Crippen molar-refractivity contribution in [3.8, 4) is 11.4 Å². The third kappa shape index (κ3) is 3.70. The summed E-state index contributed by atoms with van der Waals surface area (Å²) in [6.45, 7) is 2.04. The van der Waals surface area contributed by atoms with Crippen LogP contribution >= 0.6 is 11.8 Å². The lowest BCUT2D eigenvalue weighted by atomic mass is 10.3. The van der Waals surface area contributed by atoms with Gasteiger partial charge >= 0.3 is 5.97 Å². The zero-order valence-corrected chi connectivity index (χ0v) is 15.2. The number of pyridine rings is 1. The predicted octanol–water partition coefficient (Wildman–Crippen LogP) is 2.44. The molecule has 0 saturated carbocycles. The van der Waals surface area contributed by atoms with E-state index in [2.05, 4.69) is 9.97 Å². The number of fused-ring (bicyclic) bond motifs is 1. The van der Waals surface area contributed by atoms with Crippen molar-refractivity contribution in [3.63, 3.8) is 0 Å². The number of methoxy groups -OCH3 is 1. The molecule has 0 saturated heterocycles. The molecular weight excluding hydrogens is 354 g/mol. The summed E-state index contributed by atoms with van der Waals surface area (Å²) in [5.41, 5.74) is 0.671. The van der Waals surface area contributed by atoms with E-state index in [1.54, 1.807) is 56.6 Å². The van der Waals surface area contributed by atoms with Crippen molar-refractivity contribution in [3.05, 3.63) is 52.9 Å². The summed E-state index contributed by atoms with van der Waals surface area (Å²) >= 11 is 1.13. The molecule has 7 nitrogen and oxygen atoms in total. The third-order valence-electron chi connectivity index (χ3n) is 3.55. The first-order chi connectivity index (χ1) is 12.6. The Morgan fingerprint density at radius 3 is 2.88 bits per heavy atom. The van der Waals surface area contributed by atoms with Crippen LogP contribution in [0.15, 0.2) is 52.5 Å². The van der Waals surface area contributed by atoms with Gasteiger partial charge in [-0.15, -0.1) is 0 Å². The maximum atomic E-state index is 13.0. The fourth-order valence-electron chi connectivity index (χ4n) is 2.40.